The lowest BCUT2D eigenvalue weighted by Crippen LogP contribution is -1.83. The van der Waals surface area contributed by atoms with E-state index < -0.39 is 0 Å². The smallest absolute Gasteiger partial charge is 0.159 e. The van der Waals surface area contributed by atoms with Gasteiger partial charge in [0.15, 0.2) is 3.92 Å². The standard InChI is InChI=1S/C5H5Br2NS/c6-2-1-4-3-9-5(7)8-4/h3H,1-2H2. The Kier molecular flexibility index (Phi) is 3.15. The maximum absolute atomic E-state index is 4.21. The zero-order valence-electron chi connectivity index (χ0n) is 4.60. The molecule has 4 heteroatoms. The van der Waals surface area contributed by atoms with Gasteiger partial charge in [0.05, 0.1) is 5.69 Å². The van der Waals surface area contributed by atoms with E-state index in [0.29, 0.717) is 0 Å². The lowest BCUT2D eigenvalue weighted by Gasteiger charge is -1.84. The molecule has 0 unspecified atom stereocenters. The van der Waals surface area contributed by atoms with Crippen molar-refractivity contribution < 1.29 is 0 Å². The summed E-state index contributed by atoms with van der Waals surface area (Å²) in [4.78, 5) is 4.21. The van der Waals surface area contributed by atoms with Crippen LogP contribution in [0, 0.1) is 0 Å². The summed E-state index contributed by atoms with van der Waals surface area (Å²) in [6.07, 6.45) is 1.02. The van der Waals surface area contributed by atoms with Gasteiger partial charge in [-0.15, -0.1) is 11.3 Å². The maximum Gasteiger partial charge on any atom is 0.159 e. The molecule has 0 spiro atoms. The van der Waals surface area contributed by atoms with E-state index in [4.69, 9.17) is 0 Å². The second-order valence-corrected chi connectivity index (χ2v) is 4.46. The molecule has 50 valence electrons. The molecule has 1 rings (SSSR count). The normalized spacial score (nSPS) is 10.0. The lowest BCUT2D eigenvalue weighted by molar-refractivity contribution is 1.07. The highest BCUT2D eigenvalue weighted by molar-refractivity contribution is 9.11. The topological polar surface area (TPSA) is 12.9 Å². The summed E-state index contributed by atoms with van der Waals surface area (Å²) >= 11 is 8.27. The van der Waals surface area contributed by atoms with E-state index >= 15 is 0 Å². The Balaban J connectivity index is 2.61. The van der Waals surface area contributed by atoms with Gasteiger partial charge in [-0.25, -0.2) is 4.98 Å². The van der Waals surface area contributed by atoms with Crippen LogP contribution in [0.3, 0.4) is 0 Å². The highest BCUT2D eigenvalue weighted by Gasteiger charge is 1.95. The quantitative estimate of drug-likeness (QED) is 0.754. The molecule has 0 bridgehead atoms. The van der Waals surface area contributed by atoms with E-state index in [9.17, 15) is 0 Å². The van der Waals surface area contributed by atoms with Gasteiger partial charge in [-0.3, -0.25) is 0 Å². The molecule has 1 aromatic rings. The molecule has 1 aromatic heterocycles. The molecule has 0 N–H and O–H groups in total. The van der Waals surface area contributed by atoms with E-state index in [1.165, 1.54) is 0 Å². The highest BCUT2D eigenvalue weighted by Crippen LogP contribution is 2.16. The molecule has 0 saturated carbocycles. The zero-order chi connectivity index (χ0) is 6.69. The summed E-state index contributed by atoms with van der Waals surface area (Å²) in [5.41, 5.74) is 1.16. The fourth-order valence-corrected chi connectivity index (χ4v) is 1.98. The fraction of sp³-hybridized carbons (Fsp3) is 0.400. The fourth-order valence-electron chi connectivity index (χ4n) is 0.494. The largest absolute Gasteiger partial charge is 0.234 e. The van der Waals surface area contributed by atoms with E-state index in [1.54, 1.807) is 11.3 Å². The Morgan fingerprint density at radius 1 is 1.67 bits per heavy atom. The van der Waals surface area contributed by atoms with Crippen molar-refractivity contribution in [3.8, 4) is 0 Å². The number of halogens is 2. The molecule has 0 radical (unpaired) electrons. The van der Waals surface area contributed by atoms with Crippen LogP contribution < -0.4 is 0 Å². The number of aromatic nitrogens is 1. The van der Waals surface area contributed by atoms with Crippen LogP contribution in [0.2, 0.25) is 0 Å². The number of hydrogen-bond acceptors (Lipinski definition) is 2. The minimum atomic E-state index is 0.971. The molecule has 0 saturated heterocycles. The number of rotatable bonds is 2. The molecule has 0 atom stereocenters. The van der Waals surface area contributed by atoms with E-state index in [2.05, 4.69) is 42.2 Å². The SMILES string of the molecule is BrCCc1csc(Br)n1. The Morgan fingerprint density at radius 3 is 2.89 bits per heavy atom. The van der Waals surface area contributed by atoms with Gasteiger partial charge in [0.1, 0.15) is 0 Å². The molecule has 0 aliphatic carbocycles. The van der Waals surface area contributed by atoms with Crippen molar-refractivity contribution in [2.45, 2.75) is 6.42 Å². The third-order valence-electron chi connectivity index (χ3n) is 0.874. The Morgan fingerprint density at radius 2 is 2.44 bits per heavy atom. The van der Waals surface area contributed by atoms with Crippen molar-refractivity contribution in [3.05, 3.63) is 15.0 Å². The van der Waals surface area contributed by atoms with E-state index in [1.807, 2.05) is 0 Å². The van der Waals surface area contributed by atoms with Crippen molar-refractivity contribution in [2.24, 2.45) is 0 Å². The van der Waals surface area contributed by atoms with Crippen LogP contribution in [0.15, 0.2) is 9.30 Å². The maximum atomic E-state index is 4.21. The van der Waals surface area contributed by atoms with Crippen LogP contribution >= 0.6 is 43.2 Å². The predicted molar refractivity (Wildman–Crippen MR) is 47.3 cm³/mol. The van der Waals surface area contributed by atoms with E-state index in [-0.39, 0.29) is 0 Å². The molecule has 0 aromatic carbocycles. The Bertz CT molecular complexity index is 187. The molecule has 9 heavy (non-hydrogen) atoms. The summed E-state index contributed by atoms with van der Waals surface area (Å²) in [5.74, 6) is 0. The predicted octanol–water partition coefficient (Wildman–Crippen LogP) is 2.84. The van der Waals surface area contributed by atoms with Crippen molar-refractivity contribution in [1.82, 2.24) is 4.98 Å². The highest BCUT2D eigenvalue weighted by atomic mass is 79.9. The minimum Gasteiger partial charge on any atom is -0.234 e. The molecule has 0 aliphatic heterocycles. The van der Waals surface area contributed by atoms with Gasteiger partial charge in [0.25, 0.3) is 0 Å². The van der Waals surface area contributed by atoms with Crippen LogP contribution in [0.4, 0.5) is 0 Å². The molecule has 0 amide bonds. The summed E-state index contributed by atoms with van der Waals surface area (Å²) in [5, 5.41) is 3.05. The monoisotopic (exact) mass is 269 g/mol. The van der Waals surface area contributed by atoms with Crippen LogP contribution in [-0.2, 0) is 6.42 Å². The van der Waals surface area contributed by atoms with Gasteiger partial charge in [-0.05, 0) is 15.9 Å². The number of thiazole rings is 1. The van der Waals surface area contributed by atoms with Crippen LogP contribution in [0.25, 0.3) is 0 Å². The molecule has 1 nitrogen and oxygen atoms in total. The van der Waals surface area contributed by atoms with Crippen molar-refractivity contribution in [1.29, 1.82) is 0 Å². The summed E-state index contributed by atoms with van der Waals surface area (Å²) in [6.45, 7) is 0. The second kappa shape index (κ2) is 3.68. The molecular formula is C5H5Br2NS. The van der Waals surface area contributed by atoms with Gasteiger partial charge in [0.2, 0.25) is 0 Å². The Hall–Kier alpha value is 0.590. The van der Waals surface area contributed by atoms with Gasteiger partial charge >= 0.3 is 0 Å². The van der Waals surface area contributed by atoms with Gasteiger partial charge in [-0.2, -0.15) is 0 Å². The van der Waals surface area contributed by atoms with Crippen LogP contribution in [-0.4, -0.2) is 10.3 Å². The molecule has 1 heterocycles. The minimum absolute atomic E-state index is 0.971. The first-order valence-corrected chi connectivity index (χ1v) is 5.28. The molecule has 0 fully saturated rings. The number of aryl methyl sites for hydroxylation is 1. The van der Waals surface area contributed by atoms with Gasteiger partial charge < -0.3 is 0 Å². The number of alkyl halides is 1. The third-order valence-corrected chi connectivity index (χ3v) is 2.68. The summed E-state index contributed by atoms with van der Waals surface area (Å²) in [6, 6.07) is 0. The summed E-state index contributed by atoms with van der Waals surface area (Å²) in [7, 11) is 0. The first kappa shape index (κ1) is 7.69. The third kappa shape index (κ3) is 2.35. The second-order valence-electron chi connectivity index (χ2n) is 1.53. The van der Waals surface area contributed by atoms with Gasteiger partial charge in [-0.1, -0.05) is 15.9 Å². The molecular weight excluding hydrogens is 266 g/mol. The van der Waals surface area contributed by atoms with Crippen LogP contribution in [0.1, 0.15) is 5.69 Å². The number of hydrogen-bond donors (Lipinski definition) is 0. The summed E-state index contributed by atoms with van der Waals surface area (Å²) < 4.78 is 0.971. The molecule has 0 aliphatic rings. The average molecular weight is 271 g/mol. The number of nitrogens with zero attached hydrogens (tertiary/aromatic N) is 1. The van der Waals surface area contributed by atoms with Crippen molar-refractivity contribution in [2.75, 3.05) is 5.33 Å². The first-order chi connectivity index (χ1) is 4.33. The van der Waals surface area contributed by atoms with Crippen molar-refractivity contribution in [3.63, 3.8) is 0 Å². The first-order valence-electron chi connectivity index (χ1n) is 2.49. The van der Waals surface area contributed by atoms with Crippen LogP contribution in [0.5, 0.6) is 0 Å². The van der Waals surface area contributed by atoms with Crippen molar-refractivity contribution >= 4 is 43.2 Å². The average Bonchev–Trinajstić information content (AvgIpc) is 2.17. The Labute approximate surface area is 74.8 Å². The van der Waals surface area contributed by atoms with E-state index in [0.717, 1.165) is 21.4 Å². The lowest BCUT2D eigenvalue weighted by atomic mass is 10.4. The van der Waals surface area contributed by atoms with Gasteiger partial charge in [0, 0.05) is 17.1 Å². The zero-order valence-corrected chi connectivity index (χ0v) is 8.59.